The molecule has 1 aromatic carbocycles. The Hall–Kier alpha value is -2.57. The largest absolute Gasteiger partial charge is 0.450 e. The van der Waals surface area contributed by atoms with Crippen LogP contribution in [0.3, 0.4) is 0 Å². The molecule has 1 N–H and O–H groups in total. The number of hydrogen-bond donors (Lipinski definition) is 1. The molecular weight excluding hydrogens is 346 g/mol. The van der Waals surface area contributed by atoms with E-state index in [1.165, 1.54) is 0 Å². The SMILES string of the molecule is CCOC(=O)N1CCN(C(=O)C2(C(=O)NCc3cccc(C)c3)CC2)CC1. The number of ether oxygens (including phenoxy) is 1. The van der Waals surface area contributed by atoms with Crippen LogP contribution in [-0.4, -0.2) is 60.5 Å². The van der Waals surface area contributed by atoms with E-state index in [0.29, 0.717) is 52.2 Å². The van der Waals surface area contributed by atoms with E-state index in [-0.39, 0.29) is 17.9 Å². The second kappa shape index (κ2) is 7.98. The first-order chi connectivity index (χ1) is 13.0. The molecule has 1 aromatic rings. The molecule has 146 valence electrons. The summed E-state index contributed by atoms with van der Waals surface area (Å²) in [6, 6.07) is 7.95. The minimum atomic E-state index is -0.921. The maximum Gasteiger partial charge on any atom is 0.409 e. The Morgan fingerprint density at radius 2 is 1.78 bits per heavy atom. The first-order valence-corrected chi connectivity index (χ1v) is 9.51. The van der Waals surface area contributed by atoms with Crippen LogP contribution in [0.4, 0.5) is 4.79 Å². The second-order valence-corrected chi connectivity index (χ2v) is 7.23. The molecule has 0 unspecified atom stereocenters. The predicted molar refractivity (Wildman–Crippen MR) is 99.9 cm³/mol. The Balaban J connectivity index is 1.53. The van der Waals surface area contributed by atoms with Gasteiger partial charge in [0.15, 0.2) is 0 Å². The van der Waals surface area contributed by atoms with E-state index in [1.54, 1.807) is 16.7 Å². The highest BCUT2D eigenvalue weighted by atomic mass is 16.6. The van der Waals surface area contributed by atoms with E-state index < -0.39 is 5.41 Å². The Morgan fingerprint density at radius 1 is 1.11 bits per heavy atom. The fraction of sp³-hybridized carbons (Fsp3) is 0.550. The molecule has 0 bridgehead atoms. The van der Waals surface area contributed by atoms with Crippen molar-refractivity contribution in [1.29, 1.82) is 0 Å². The lowest BCUT2D eigenvalue weighted by atomic mass is 10.0. The fourth-order valence-electron chi connectivity index (χ4n) is 3.45. The molecular formula is C20H27N3O4. The van der Waals surface area contributed by atoms with Gasteiger partial charge in [-0.3, -0.25) is 9.59 Å². The van der Waals surface area contributed by atoms with Gasteiger partial charge in [-0.2, -0.15) is 0 Å². The van der Waals surface area contributed by atoms with Crippen molar-refractivity contribution in [2.75, 3.05) is 32.8 Å². The van der Waals surface area contributed by atoms with Crippen molar-refractivity contribution in [1.82, 2.24) is 15.1 Å². The minimum Gasteiger partial charge on any atom is -0.450 e. The van der Waals surface area contributed by atoms with Gasteiger partial charge in [0.25, 0.3) is 0 Å². The van der Waals surface area contributed by atoms with Crippen molar-refractivity contribution in [3.8, 4) is 0 Å². The lowest BCUT2D eigenvalue weighted by molar-refractivity contribution is -0.145. The monoisotopic (exact) mass is 373 g/mol. The van der Waals surface area contributed by atoms with Crippen LogP contribution in [0.2, 0.25) is 0 Å². The highest BCUT2D eigenvalue weighted by Gasteiger charge is 2.58. The van der Waals surface area contributed by atoms with Crippen LogP contribution in [0, 0.1) is 12.3 Å². The highest BCUT2D eigenvalue weighted by Crippen LogP contribution is 2.47. The number of aryl methyl sites for hydroxylation is 1. The fourth-order valence-corrected chi connectivity index (χ4v) is 3.45. The quantitative estimate of drug-likeness (QED) is 0.797. The van der Waals surface area contributed by atoms with Crippen molar-refractivity contribution in [3.05, 3.63) is 35.4 Å². The highest BCUT2D eigenvalue weighted by molar-refractivity contribution is 6.07. The van der Waals surface area contributed by atoms with Gasteiger partial charge >= 0.3 is 6.09 Å². The molecule has 2 aliphatic rings. The van der Waals surface area contributed by atoms with E-state index in [1.807, 2.05) is 31.2 Å². The van der Waals surface area contributed by atoms with E-state index in [9.17, 15) is 14.4 Å². The molecule has 1 aliphatic carbocycles. The molecule has 0 atom stereocenters. The summed E-state index contributed by atoms with van der Waals surface area (Å²) in [4.78, 5) is 40.7. The third kappa shape index (κ3) is 4.23. The summed E-state index contributed by atoms with van der Waals surface area (Å²) in [5.41, 5.74) is 1.24. The zero-order chi connectivity index (χ0) is 19.4. The van der Waals surface area contributed by atoms with Crippen LogP contribution in [0.1, 0.15) is 30.9 Å². The maximum atomic E-state index is 12.9. The summed E-state index contributed by atoms with van der Waals surface area (Å²) in [5, 5.41) is 2.92. The van der Waals surface area contributed by atoms with Crippen molar-refractivity contribution in [2.24, 2.45) is 5.41 Å². The minimum absolute atomic E-state index is 0.118. The van der Waals surface area contributed by atoms with Gasteiger partial charge in [-0.05, 0) is 32.3 Å². The Morgan fingerprint density at radius 3 is 2.37 bits per heavy atom. The number of amides is 3. The number of benzene rings is 1. The summed E-state index contributed by atoms with van der Waals surface area (Å²) in [7, 11) is 0. The number of hydrogen-bond acceptors (Lipinski definition) is 4. The molecule has 3 amide bonds. The number of rotatable bonds is 5. The van der Waals surface area contributed by atoms with Gasteiger partial charge < -0.3 is 19.9 Å². The third-order valence-corrected chi connectivity index (χ3v) is 5.22. The molecule has 27 heavy (non-hydrogen) atoms. The topological polar surface area (TPSA) is 79.0 Å². The van der Waals surface area contributed by atoms with Crippen LogP contribution in [0.25, 0.3) is 0 Å². The molecule has 0 spiro atoms. The lowest BCUT2D eigenvalue weighted by Crippen LogP contribution is -2.54. The van der Waals surface area contributed by atoms with Crippen molar-refractivity contribution in [2.45, 2.75) is 33.2 Å². The van der Waals surface area contributed by atoms with Gasteiger partial charge in [-0.15, -0.1) is 0 Å². The van der Waals surface area contributed by atoms with Crippen LogP contribution in [0.15, 0.2) is 24.3 Å². The molecule has 1 aliphatic heterocycles. The smallest absolute Gasteiger partial charge is 0.409 e. The number of carbonyl (C=O) groups excluding carboxylic acids is 3. The molecule has 0 aromatic heterocycles. The zero-order valence-corrected chi connectivity index (χ0v) is 16.0. The molecule has 3 rings (SSSR count). The van der Waals surface area contributed by atoms with Crippen LogP contribution in [0.5, 0.6) is 0 Å². The van der Waals surface area contributed by atoms with E-state index in [2.05, 4.69) is 5.32 Å². The summed E-state index contributed by atoms with van der Waals surface area (Å²) >= 11 is 0. The number of nitrogens with zero attached hydrogens (tertiary/aromatic N) is 2. The Kier molecular flexibility index (Phi) is 5.68. The summed E-state index contributed by atoms with van der Waals surface area (Å²) in [6.07, 6.45) is 0.828. The van der Waals surface area contributed by atoms with Crippen molar-refractivity contribution in [3.63, 3.8) is 0 Å². The normalized spacial score (nSPS) is 18.0. The van der Waals surface area contributed by atoms with Gasteiger partial charge in [-0.1, -0.05) is 29.8 Å². The van der Waals surface area contributed by atoms with Crippen molar-refractivity contribution >= 4 is 17.9 Å². The summed E-state index contributed by atoms with van der Waals surface area (Å²) in [6.45, 7) is 6.28. The van der Waals surface area contributed by atoms with Gasteiger partial charge in [0.2, 0.25) is 11.8 Å². The lowest BCUT2D eigenvalue weighted by Gasteiger charge is -2.35. The molecule has 0 radical (unpaired) electrons. The summed E-state index contributed by atoms with van der Waals surface area (Å²) in [5.74, 6) is -0.311. The molecule has 2 fully saturated rings. The standard InChI is InChI=1S/C20H27N3O4/c1-3-27-19(26)23-11-9-22(10-12-23)18(25)20(7-8-20)17(24)21-14-16-6-4-5-15(2)13-16/h4-6,13H,3,7-12,14H2,1-2H3,(H,21,24). The Labute approximate surface area is 159 Å². The first kappa shape index (κ1) is 19.2. The van der Waals surface area contributed by atoms with E-state index >= 15 is 0 Å². The average molecular weight is 373 g/mol. The van der Waals surface area contributed by atoms with Gasteiger partial charge in [-0.25, -0.2) is 4.79 Å². The van der Waals surface area contributed by atoms with Gasteiger partial charge in [0.05, 0.1) is 6.61 Å². The summed E-state index contributed by atoms with van der Waals surface area (Å²) < 4.78 is 5.00. The van der Waals surface area contributed by atoms with E-state index in [4.69, 9.17) is 4.74 Å². The zero-order valence-electron chi connectivity index (χ0n) is 16.0. The molecule has 1 heterocycles. The van der Waals surface area contributed by atoms with E-state index in [0.717, 1.165) is 11.1 Å². The van der Waals surface area contributed by atoms with Crippen LogP contribution >= 0.6 is 0 Å². The molecule has 7 nitrogen and oxygen atoms in total. The first-order valence-electron chi connectivity index (χ1n) is 9.51. The third-order valence-electron chi connectivity index (χ3n) is 5.22. The van der Waals surface area contributed by atoms with Gasteiger partial charge in [0, 0.05) is 32.7 Å². The molecule has 1 saturated heterocycles. The molecule has 7 heteroatoms. The molecule has 1 saturated carbocycles. The predicted octanol–water partition coefficient (Wildman–Crippen LogP) is 1.69. The number of nitrogens with one attached hydrogen (secondary N) is 1. The van der Waals surface area contributed by atoms with Gasteiger partial charge in [0.1, 0.15) is 5.41 Å². The average Bonchev–Trinajstić information content (AvgIpc) is 3.48. The second-order valence-electron chi connectivity index (χ2n) is 7.23. The van der Waals surface area contributed by atoms with Crippen LogP contribution in [-0.2, 0) is 20.9 Å². The maximum absolute atomic E-state index is 12.9. The number of piperazine rings is 1. The van der Waals surface area contributed by atoms with Crippen LogP contribution < -0.4 is 5.32 Å². The van der Waals surface area contributed by atoms with Crippen molar-refractivity contribution < 1.29 is 19.1 Å². The Bertz CT molecular complexity index is 722. The number of carbonyl (C=O) groups is 3.